The molecule has 1 aliphatic rings. The number of nitrogens with zero attached hydrogens (tertiary/aromatic N) is 2. The summed E-state index contributed by atoms with van der Waals surface area (Å²) in [5.74, 6) is 0.992. The molecule has 0 amide bonds. The summed E-state index contributed by atoms with van der Waals surface area (Å²) >= 11 is 0. The van der Waals surface area contributed by atoms with Crippen molar-refractivity contribution in [2.24, 2.45) is 0 Å². The van der Waals surface area contributed by atoms with Crippen LogP contribution in [0.4, 0.5) is 0 Å². The first-order valence-electron chi connectivity index (χ1n) is 14.7. The minimum absolute atomic E-state index is 0.992. The summed E-state index contributed by atoms with van der Waals surface area (Å²) in [6, 6.07) is 44.2. The normalized spacial score (nSPS) is 13.2. The Bertz CT molecular complexity index is 2120. The molecule has 6 aromatic carbocycles. The summed E-state index contributed by atoms with van der Waals surface area (Å²) in [6.07, 6.45) is 8.89. The van der Waals surface area contributed by atoms with Gasteiger partial charge in [-0.2, -0.15) is 0 Å². The summed E-state index contributed by atoms with van der Waals surface area (Å²) in [5.41, 5.74) is 11.0. The van der Waals surface area contributed by atoms with Gasteiger partial charge in [0.1, 0.15) is 5.82 Å². The molecule has 1 aliphatic carbocycles. The first-order valence-corrected chi connectivity index (χ1v) is 14.7. The predicted molar refractivity (Wildman–Crippen MR) is 178 cm³/mol. The second kappa shape index (κ2) is 10.0. The number of benzene rings is 6. The zero-order chi connectivity index (χ0) is 28.0. The predicted octanol–water partition coefficient (Wildman–Crippen LogP) is 10.7. The summed E-state index contributed by atoms with van der Waals surface area (Å²) in [6.45, 7) is 2.07. The van der Waals surface area contributed by atoms with Crippen molar-refractivity contribution in [3.63, 3.8) is 0 Å². The number of hydrogen-bond donors (Lipinski definition) is 0. The average Bonchev–Trinajstić information content (AvgIpc) is 3.40. The molecule has 0 unspecified atom stereocenters. The summed E-state index contributed by atoms with van der Waals surface area (Å²) < 4.78 is 2.24. The summed E-state index contributed by atoms with van der Waals surface area (Å²) in [7, 11) is 0. The Morgan fingerprint density at radius 1 is 0.571 bits per heavy atom. The third-order valence-corrected chi connectivity index (χ3v) is 8.63. The van der Waals surface area contributed by atoms with E-state index in [1.807, 2.05) is 6.07 Å². The highest BCUT2D eigenvalue weighted by atomic mass is 15.1. The van der Waals surface area contributed by atoms with E-state index in [9.17, 15) is 0 Å². The molecule has 0 N–H and O–H groups in total. The first kappa shape index (κ1) is 24.6. The zero-order valence-electron chi connectivity index (χ0n) is 23.6. The minimum atomic E-state index is 0.992. The largest absolute Gasteiger partial charge is 0.297 e. The maximum absolute atomic E-state index is 4.78. The Labute approximate surface area is 245 Å². The Kier molecular flexibility index (Phi) is 5.86. The quantitative estimate of drug-likeness (QED) is 0.204. The van der Waals surface area contributed by atoms with Gasteiger partial charge in [-0.25, -0.2) is 4.98 Å². The van der Waals surface area contributed by atoms with E-state index in [1.54, 1.807) is 0 Å². The molecule has 200 valence electrons. The Balaban J connectivity index is 1.30. The van der Waals surface area contributed by atoms with Crippen molar-refractivity contribution in [2.45, 2.75) is 19.8 Å². The number of para-hydroxylation sites is 2. The van der Waals surface area contributed by atoms with Crippen molar-refractivity contribution in [3.8, 4) is 27.9 Å². The molecule has 1 heterocycles. The van der Waals surface area contributed by atoms with E-state index in [-0.39, 0.29) is 0 Å². The maximum Gasteiger partial charge on any atom is 0.111 e. The van der Waals surface area contributed by atoms with E-state index in [4.69, 9.17) is 4.98 Å². The van der Waals surface area contributed by atoms with Crippen LogP contribution in [0.2, 0.25) is 0 Å². The standard InChI is InChI=1S/C40H30N2/c1-27-41-37-17-9-10-18-38(37)42(27)32-25-23-31(24-26-32)40-35-15-7-5-13-33(35)39(34-14-6-8-16-36(34)40)30-21-19-29(20-22-30)28-11-3-2-4-12-28/h2-3,5-11,13-26H,4,12H2,1H3. The molecule has 0 radical (unpaired) electrons. The molecule has 0 aliphatic heterocycles. The Hall–Kier alpha value is -5.21. The number of aromatic nitrogens is 2. The van der Waals surface area contributed by atoms with Gasteiger partial charge in [-0.3, -0.25) is 4.57 Å². The van der Waals surface area contributed by atoms with E-state index < -0.39 is 0 Å². The lowest BCUT2D eigenvalue weighted by Gasteiger charge is -2.18. The molecule has 42 heavy (non-hydrogen) atoms. The summed E-state index contributed by atoms with van der Waals surface area (Å²) in [5, 5.41) is 5.10. The van der Waals surface area contributed by atoms with Crippen LogP contribution in [0.15, 0.2) is 140 Å². The van der Waals surface area contributed by atoms with Gasteiger partial charge in [0.15, 0.2) is 0 Å². The molecule has 8 rings (SSSR count). The minimum Gasteiger partial charge on any atom is -0.297 e. The fourth-order valence-corrected chi connectivity index (χ4v) is 6.69. The number of fused-ring (bicyclic) bond motifs is 3. The van der Waals surface area contributed by atoms with Gasteiger partial charge in [0.05, 0.1) is 11.0 Å². The monoisotopic (exact) mass is 538 g/mol. The Morgan fingerprint density at radius 2 is 1.10 bits per heavy atom. The van der Waals surface area contributed by atoms with E-state index in [2.05, 4.69) is 145 Å². The van der Waals surface area contributed by atoms with Crippen LogP contribution in [0, 0.1) is 6.92 Å². The number of rotatable bonds is 4. The van der Waals surface area contributed by atoms with Crippen molar-refractivity contribution in [2.75, 3.05) is 0 Å². The fraction of sp³-hybridized carbons (Fsp3) is 0.0750. The van der Waals surface area contributed by atoms with E-state index in [0.29, 0.717) is 0 Å². The van der Waals surface area contributed by atoms with Crippen molar-refractivity contribution >= 4 is 38.2 Å². The van der Waals surface area contributed by atoms with Crippen LogP contribution in [0.5, 0.6) is 0 Å². The highest BCUT2D eigenvalue weighted by molar-refractivity contribution is 6.21. The van der Waals surface area contributed by atoms with Gasteiger partial charge in [-0.15, -0.1) is 0 Å². The molecule has 0 atom stereocenters. The van der Waals surface area contributed by atoms with E-state index >= 15 is 0 Å². The van der Waals surface area contributed by atoms with Crippen molar-refractivity contribution < 1.29 is 0 Å². The van der Waals surface area contributed by atoms with Gasteiger partial charge in [0.25, 0.3) is 0 Å². The van der Waals surface area contributed by atoms with Crippen LogP contribution in [0.3, 0.4) is 0 Å². The topological polar surface area (TPSA) is 17.8 Å². The molecule has 0 bridgehead atoms. The molecule has 2 nitrogen and oxygen atoms in total. The van der Waals surface area contributed by atoms with Crippen molar-refractivity contribution in [1.82, 2.24) is 9.55 Å². The third-order valence-electron chi connectivity index (χ3n) is 8.63. The second-order valence-electron chi connectivity index (χ2n) is 11.1. The molecule has 0 spiro atoms. The third kappa shape index (κ3) is 3.99. The molecule has 7 aromatic rings. The SMILES string of the molecule is Cc1nc2ccccc2n1-c1ccc(-c2c3ccccc3c(-c3ccc(C4=CC=CCC4)cc3)c3ccccc23)cc1. The molecule has 0 saturated carbocycles. The molecule has 0 saturated heterocycles. The van der Waals surface area contributed by atoms with Gasteiger partial charge < -0.3 is 0 Å². The van der Waals surface area contributed by atoms with Gasteiger partial charge >= 0.3 is 0 Å². The first-order chi connectivity index (χ1) is 20.8. The van der Waals surface area contributed by atoms with Crippen LogP contribution in [-0.4, -0.2) is 9.55 Å². The van der Waals surface area contributed by atoms with Crippen LogP contribution in [0.25, 0.3) is 66.1 Å². The molecular weight excluding hydrogens is 508 g/mol. The maximum atomic E-state index is 4.78. The van der Waals surface area contributed by atoms with Gasteiger partial charge in [0.2, 0.25) is 0 Å². The van der Waals surface area contributed by atoms with Gasteiger partial charge in [-0.1, -0.05) is 115 Å². The van der Waals surface area contributed by atoms with Crippen LogP contribution >= 0.6 is 0 Å². The molecular formula is C40H30N2. The number of allylic oxidation sites excluding steroid dienone is 4. The van der Waals surface area contributed by atoms with Crippen molar-refractivity contribution in [3.05, 3.63) is 151 Å². The van der Waals surface area contributed by atoms with Gasteiger partial charge in [-0.05, 0) is 99.0 Å². The molecule has 0 fully saturated rings. The summed E-state index contributed by atoms with van der Waals surface area (Å²) in [4.78, 5) is 4.78. The Morgan fingerprint density at radius 3 is 1.67 bits per heavy atom. The second-order valence-corrected chi connectivity index (χ2v) is 11.1. The lowest BCUT2D eigenvalue weighted by molar-refractivity contribution is 1.00. The highest BCUT2D eigenvalue weighted by Crippen LogP contribution is 2.44. The average molecular weight is 539 g/mol. The van der Waals surface area contributed by atoms with E-state index in [1.165, 1.54) is 54.9 Å². The lowest BCUT2D eigenvalue weighted by Crippen LogP contribution is -1.97. The highest BCUT2D eigenvalue weighted by Gasteiger charge is 2.17. The van der Waals surface area contributed by atoms with Crippen LogP contribution in [-0.2, 0) is 0 Å². The van der Waals surface area contributed by atoms with Crippen LogP contribution in [0.1, 0.15) is 24.2 Å². The lowest BCUT2D eigenvalue weighted by atomic mass is 9.85. The number of imidazole rings is 1. The zero-order valence-corrected chi connectivity index (χ0v) is 23.6. The molecule has 2 heteroatoms. The van der Waals surface area contributed by atoms with Crippen LogP contribution < -0.4 is 0 Å². The van der Waals surface area contributed by atoms with E-state index in [0.717, 1.165) is 35.4 Å². The van der Waals surface area contributed by atoms with Gasteiger partial charge in [0, 0.05) is 5.69 Å². The van der Waals surface area contributed by atoms with Crippen molar-refractivity contribution in [1.29, 1.82) is 0 Å². The smallest absolute Gasteiger partial charge is 0.111 e. The number of aryl methyl sites for hydroxylation is 1. The fourth-order valence-electron chi connectivity index (χ4n) is 6.69. The molecule has 1 aromatic heterocycles. The number of hydrogen-bond acceptors (Lipinski definition) is 1.